The van der Waals surface area contributed by atoms with Crippen LogP contribution in [0.1, 0.15) is 0 Å². The van der Waals surface area contributed by atoms with Gasteiger partial charge in [0.1, 0.15) is 13.4 Å². The summed E-state index contributed by atoms with van der Waals surface area (Å²) < 4.78 is 4.05. The summed E-state index contributed by atoms with van der Waals surface area (Å²) in [5.41, 5.74) is 0. The van der Waals surface area contributed by atoms with Crippen LogP contribution in [0, 0.1) is 0 Å². The number of rotatable bonds is 3. The Labute approximate surface area is 68.7 Å². The second-order valence-electron chi connectivity index (χ2n) is 0.871. The van der Waals surface area contributed by atoms with Crippen LogP contribution in [-0.4, -0.2) is 59.1 Å². The van der Waals surface area contributed by atoms with Crippen molar-refractivity contribution in [1.29, 1.82) is 0 Å². The van der Waals surface area contributed by atoms with E-state index in [4.69, 9.17) is 10.2 Å². The van der Waals surface area contributed by atoms with Crippen molar-refractivity contribution in [1.82, 2.24) is 0 Å². The molecule has 0 bridgehead atoms. The van der Waals surface area contributed by atoms with E-state index >= 15 is 0 Å². The van der Waals surface area contributed by atoms with E-state index in [1.165, 1.54) is 0 Å². The quantitative estimate of drug-likeness (QED) is 0.356. The third-order valence-corrected chi connectivity index (χ3v) is 0.317. The average Bonchev–Trinajstić information content (AvgIpc) is 1.61. The number of carbonyl (C=O) groups is 1. The van der Waals surface area contributed by atoms with E-state index in [2.05, 4.69) is 4.74 Å². The first-order chi connectivity index (χ1) is 3.27. The van der Waals surface area contributed by atoms with Gasteiger partial charge in [0, 0.05) is 0 Å². The van der Waals surface area contributed by atoms with Crippen molar-refractivity contribution >= 4 is 35.5 Å². The summed E-state index contributed by atoms with van der Waals surface area (Å²) in [6.45, 7) is -0.969. The Kier molecular flexibility index (Phi) is 10.4. The Morgan fingerprint density at radius 2 is 2.12 bits per heavy atom. The number of hydrogen-bond donors (Lipinski definition) is 2. The van der Waals surface area contributed by atoms with Crippen molar-refractivity contribution in [3.63, 3.8) is 0 Å². The molecule has 44 valence electrons. The fourth-order valence-corrected chi connectivity index (χ4v) is 0.133. The molecule has 0 amide bonds. The van der Waals surface area contributed by atoms with Crippen LogP contribution in [0.25, 0.3) is 0 Å². The molecule has 2 N–H and O–H groups in total. The molecule has 0 saturated carbocycles. The number of carboxylic acid groups (broad SMARTS) is 1. The molecule has 0 saturated heterocycles. The minimum absolute atomic E-state index is 0. The van der Waals surface area contributed by atoms with Crippen LogP contribution in [-0.2, 0) is 9.53 Å². The number of ether oxygens (including phenoxy) is 1. The number of aliphatic carboxylic acids is 1. The summed E-state index contributed by atoms with van der Waals surface area (Å²) in [6, 6.07) is 0. The van der Waals surface area contributed by atoms with Gasteiger partial charge in [-0.05, 0) is 0 Å². The van der Waals surface area contributed by atoms with Gasteiger partial charge in [-0.25, -0.2) is 4.79 Å². The monoisotopic (exact) mass is 130 g/mol. The van der Waals surface area contributed by atoms with E-state index in [0.717, 1.165) is 0 Å². The van der Waals surface area contributed by atoms with E-state index in [9.17, 15) is 4.79 Å². The van der Waals surface area contributed by atoms with Gasteiger partial charge in [-0.2, -0.15) is 0 Å². The van der Waals surface area contributed by atoms with Crippen molar-refractivity contribution in [3.8, 4) is 0 Å². The molecular weight excluding hydrogens is 123 g/mol. The first kappa shape index (κ1) is 11.2. The molecule has 0 radical (unpaired) electrons. The summed E-state index contributed by atoms with van der Waals surface area (Å²) in [4.78, 5) is 9.52. The second-order valence-corrected chi connectivity index (χ2v) is 0.871. The molecule has 0 aliphatic carbocycles. The van der Waals surface area contributed by atoms with Gasteiger partial charge in [-0.3, -0.25) is 0 Å². The van der Waals surface area contributed by atoms with Crippen LogP contribution in [0.3, 0.4) is 0 Å². The SMILES string of the molecule is O=C(O)COCO.[NaH]. The van der Waals surface area contributed by atoms with Gasteiger partial charge in [0.05, 0.1) is 0 Å². The average molecular weight is 130 g/mol. The molecule has 0 atom stereocenters. The molecule has 8 heavy (non-hydrogen) atoms. The fourth-order valence-electron chi connectivity index (χ4n) is 0.133. The van der Waals surface area contributed by atoms with E-state index in [1.807, 2.05) is 0 Å². The van der Waals surface area contributed by atoms with Gasteiger partial charge >= 0.3 is 35.5 Å². The molecular formula is C3H7NaO4. The van der Waals surface area contributed by atoms with Crippen molar-refractivity contribution in [2.75, 3.05) is 13.4 Å². The Morgan fingerprint density at radius 3 is 2.25 bits per heavy atom. The Morgan fingerprint density at radius 1 is 1.62 bits per heavy atom. The normalized spacial score (nSPS) is 7.62. The van der Waals surface area contributed by atoms with Gasteiger partial charge < -0.3 is 14.9 Å². The zero-order chi connectivity index (χ0) is 5.70. The first-order valence-electron chi connectivity index (χ1n) is 1.67. The van der Waals surface area contributed by atoms with Crippen LogP contribution in [0.15, 0.2) is 0 Å². The number of aliphatic hydroxyl groups is 1. The topological polar surface area (TPSA) is 66.8 Å². The number of carboxylic acids is 1. The summed E-state index contributed by atoms with van der Waals surface area (Å²) >= 11 is 0. The predicted molar refractivity (Wildman–Crippen MR) is 27.8 cm³/mol. The Bertz CT molecular complexity index is 64.3. The van der Waals surface area contributed by atoms with Crippen LogP contribution in [0.4, 0.5) is 0 Å². The van der Waals surface area contributed by atoms with Crippen molar-refractivity contribution in [3.05, 3.63) is 0 Å². The molecule has 0 aliphatic heterocycles. The van der Waals surface area contributed by atoms with Crippen molar-refractivity contribution in [2.45, 2.75) is 0 Å². The minimum atomic E-state index is -1.07. The molecule has 5 heteroatoms. The molecule has 0 spiro atoms. The summed E-state index contributed by atoms with van der Waals surface area (Å²) in [5, 5.41) is 15.6. The van der Waals surface area contributed by atoms with Gasteiger partial charge in [-0.15, -0.1) is 0 Å². The summed E-state index contributed by atoms with van der Waals surface area (Å²) in [6.07, 6.45) is 0. The predicted octanol–water partition coefficient (Wildman–Crippen LogP) is -1.61. The van der Waals surface area contributed by atoms with Crippen LogP contribution in [0.5, 0.6) is 0 Å². The van der Waals surface area contributed by atoms with Gasteiger partial charge in [0.25, 0.3) is 0 Å². The van der Waals surface area contributed by atoms with Crippen molar-refractivity contribution in [2.24, 2.45) is 0 Å². The third-order valence-electron chi connectivity index (χ3n) is 0.317. The van der Waals surface area contributed by atoms with E-state index in [1.54, 1.807) is 0 Å². The van der Waals surface area contributed by atoms with Crippen LogP contribution in [0.2, 0.25) is 0 Å². The molecule has 0 aromatic heterocycles. The van der Waals surface area contributed by atoms with E-state index in [-0.39, 0.29) is 29.6 Å². The van der Waals surface area contributed by atoms with E-state index < -0.39 is 19.4 Å². The summed E-state index contributed by atoms with van der Waals surface area (Å²) in [7, 11) is 0. The molecule has 0 aromatic rings. The first-order valence-corrected chi connectivity index (χ1v) is 1.67. The third kappa shape index (κ3) is 9.63. The maximum absolute atomic E-state index is 9.52. The summed E-state index contributed by atoms with van der Waals surface area (Å²) in [5.74, 6) is -1.07. The molecule has 0 unspecified atom stereocenters. The molecule has 0 fully saturated rings. The number of aliphatic hydroxyl groups excluding tert-OH is 1. The van der Waals surface area contributed by atoms with Crippen molar-refractivity contribution < 1.29 is 19.7 Å². The Hall–Kier alpha value is 0.390. The molecule has 0 heterocycles. The van der Waals surface area contributed by atoms with Gasteiger partial charge in [-0.1, -0.05) is 0 Å². The maximum atomic E-state index is 9.52. The van der Waals surface area contributed by atoms with Gasteiger partial charge in [0.15, 0.2) is 0 Å². The molecule has 4 nitrogen and oxygen atoms in total. The fraction of sp³-hybridized carbons (Fsp3) is 0.667. The van der Waals surface area contributed by atoms with Crippen LogP contribution < -0.4 is 0 Å². The van der Waals surface area contributed by atoms with Crippen LogP contribution >= 0.6 is 0 Å². The standard InChI is InChI=1S/C3H6O4.Na.H/c4-2-7-1-3(5)6;;/h4H,1-2H2,(H,5,6);;. The Balaban J connectivity index is 0. The zero-order valence-corrected chi connectivity index (χ0v) is 3.63. The molecule has 0 rings (SSSR count). The number of hydrogen-bond acceptors (Lipinski definition) is 3. The van der Waals surface area contributed by atoms with Gasteiger partial charge in [0.2, 0.25) is 0 Å². The molecule has 0 aliphatic rings. The van der Waals surface area contributed by atoms with E-state index in [0.29, 0.717) is 0 Å². The zero-order valence-electron chi connectivity index (χ0n) is 3.63. The molecule has 0 aromatic carbocycles. The second kappa shape index (κ2) is 7.39.